The van der Waals surface area contributed by atoms with Crippen LogP contribution in [0.3, 0.4) is 0 Å². The molecule has 6 nitrogen and oxygen atoms in total. The molecule has 0 amide bonds. The highest BCUT2D eigenvalue weighted by atomic mass is 79.9. The number of imidazole rings is 1. The third kappa shape index (κ3) is 3.61. The van der Waals surface area contributed by atoms with Crippen LogP contribution < -0.4 is 19.6 Å². The lowest BCUT2D eigenvalue weighted by atomic mass is 10.1. The van der Waals surface area contributed by atoms with Gasteiger partial charge < -0.3 is 9.47 Å². The number of hydrogen-bond acceptors (Lipinski definition) is 6. The molecule has 4 aromatic rings. The second-order valence-electron chi connectivity index (χ2n) is 6.92. The largest absolute Gasteiger partial charge is 0.490 e. The zero-order valence-electron chi connectivity index (χ0n) is 16.9. The van der Waals surface area contributed by atoms with Crippen molar-refractivity contribution in [1.82, 2.24) is 9.38 Å². The van der Waals surface area contributed by atoms with Crippen LogP contribution >= 0.6 is 27.3 Å². The summed E-state index contributed by atoms with van der Waals surface area (Å²) in [5.74, 6) is 0.333. The molecular formula is C22H19BrN2O4S. The van der Waals surface area contributed by atoms with Crippen LogP contribution in [0.5, 0.6) is 11.5 Å². The van der Waals surface area contributed by atoms with Crippen molar-refractivity contribution in [2.24, 2.45) is 0 Å². The number of hydrogen-bond donors (Lipinski definition) is 0. The van der Waals surface area contributed by atoms with Crippen molar-refractivity contribution < 1.29 is 14.3 Å². The topological polar surface area (TPSA) is 69.9 Å². The fraction of sp³-hybridized carbons (Fsp3) is 0.227. The number of benzene rings is 2. The van der Waals surface area contributed by atoms with E-state index in [9.17, 15) is 9.59 Å². The molecule has 0 saturated heterocycles. The SMILES string of the molecule is CCOc1cc(/C=c2\sc3nc4cc(C)c(C)cc4n3c2=O)c(Br)cc1OC(C)=O. The smallest absolute Gasteiger partial charge is 0.308 e. The number of esters is 1. The Kier molecular flexibility index (Phi) is 5.38. The average Bonchev–Trinajstić information content (AvgIpc) is 3.15. The van der Waals surface area contributed by atoms with E-state index in [1.54, 1.807) is 22.6 Å². The van der Waals surface area contributed by atoms with Gasteiger partial charge in [-0.3, -0.25) is 9.59 Å². The first-order chi connectivity index (χ1) is 14.3. The first kappa shape index (κ1) is 20.6. The number of fused-ring (bicyclic) bond motifs is 3. The van der Waals surface area contributed by atoms with Crippen molar-refractivity contribution in [1.29, 1.82) is 0 Å². The summed E-state index contributed by atoms with van der Waals surface area (Å²) in [6.45, 7) is 7.66. The summed E-state index contributed by atoms with van der Waals surface area (Å²) < 4.78 is 13.7. The van der Waals surface area contributed by atoms with Gasteiger partial charge in [0.25, 0.3) is 5.56 Å². The number of thiazole rings is 1. The van der Waals surface area contributed by atoms with Gasteiger partial charge in [-0.05, 0) is 67.8 Å². The third-order valence-corrected chi connectivity index (χ3v) is 6.41. The normalized spacial score (nSPS) is 12.1. The number of aromatic nitrogens is 2. The van der Waals surface area contributed by atoms with Crippen molar-refractivity contribution in [3.63, 3.8) is 0 Å². The van der Waals surface area contributed by atoms with Crippen molar-refractivity contribution >= 4 is 55.3 Å². The lowest BCUT2D eigenvalue weighted by Gasteiger charge is -2.11. The van der Waals surface area contributed by atoms with E-state index in [1.165, 1.54) is 18.3 Å². The average molecular weight is 487 g/mol. The van der Waals surface area contributed by atoms with E-state index in [2.05, 4.69) is 20.9 Å². The van der Waals surface area contributed by atoms with E-state index in [-0.39, 0.29) is 5.56 Å². The van der Waals surface area contributed by atoms with Gasteiger partial charge in [-0.1, -0.05) is 27.3 Å². The van der Waals surface area contributed by atoms with Gasteiger partial charge in [-0.15, -0.1) is 0 Å². The Morgan fingerprint density at radius 2 is 1.93 bits per heavy atom. The minimum absolute atomic E-state index is 0.116. The van der Waals surface area contributed by atoms with Crippen LogP contribution in [0.2, 0.25) is 0 Å². The van der Waals surface area contributed by atoms with Crippen LogP contribution in [-0.4, -0.2) is 22.0 Å². The Labute approximate surface area is 184 Å². The summed E-state index contributed by atoms with van der Waals surface area (Å²) in [4.78, 5) is 29.8. The maximum atomic E-state index is 13.1. The molecule has 0 aliphatic heterocycles. The monoisotopic (exact) mass is 486 g/mol. The Hall–Kier alpha value is -2.71. The second-order valence-corrected chi connectivity index (χ2v) is 8.78. The Morgan fingerprint density at radius 3 is 2.63 bits per heavy atom. The predicted molar refractivity (Wildman–Crippen MR) is 122 cm³/mol. The molecule has 4 rings (SSSR count). The Balaban J connectivity index is 1.90. The molecule has 0 aliphatic rings. The van der Waals surface area contributed by atoms with E-state index >= 15 is 0 Å². The standard InChI is InChI=1S/C22H19BrN2O4S/c1-5-28-18-8-14(15(23)10-19(18)29-13(4)26)9-20-21(27)25-17-7-12(3)11(2)6-16(17)24-22(25)30-20/h6-10H,5H2,1-4H3/b20-9-. The highest BCUT2D eigenvalue weighted by Gasteiger charge is 2.15. The summed E-state index contributed by atoms with van der Waals surface area (Å²) in [5, 5.41) is 0. The lowest BCUT2D eigenvalue weighted by molar-refractivity contribution is -0.132. The minimum Gasteiger partial charge on any atom is -0.490 e. The third-order valence-electron chi connectivity index (χ3n) is 4.76. The molecule has 30 heavy (non-hydrogen) atoms. The molecular weight excluding hydrogens is 468 g/mol. The lowest BCUT2D eigenvalue weighted by Crippen LogP contribution is -2.22. The van der Waals surface area contributed by atoms with Crippen molar-refractivity contribution in [2.45, 2.75) is 27.7 Å². The number of aryl methyl sites for hydroxylation is 2. The fourth-order valence-electron chi connectivity index (χ4n) is 3.22. The molecule has 2 heterocycles. The molecule has 8 heteroatoms. The molecule has 0 bridgehead atoms. The molecule has 0 atom stereocenters. The molecule has 2 aromatic carbocycles. The molecule has 0 radical (unpaired) electrons. The molecule has 0 fully saturated rings. The Morgan fingerprint density at radius 1 is 1.20 bits per heavy atom. The van der Waals surface area contributed by atoms with E-state index in [1.807, 2.05) is 32.9 Å². The Bertz CT molecular complexity index is 1420. The van der Waals surface area contributed by atoms with Gasteiger partial charge in [0.1, 0.15) is 0 Å². The number of carbonyl (C=O) groups is 1. The molecule has 2 aromatic heterocycles. The van der Waals surface area contributed by atoms with Crippen molar-refractivity contribution in [2.75, 3.05) is 6.61 Å². The maximum Gasteiger partial charge on any atom is 0.308 e. The quantitative estimate of drug-likeness (QED) is 0.320. The van der Waals surface area contributed by atoms with Crippen LogP contribution in [0, 0.1) is 13.8 Å². The van der Waals surface area contributed by atoms with Crippen LogP contribution in [0.25, 0.3) is 22.1 Å². The van der Waals surface area contributed by atoms with Gasteiger partial charge in [0.2, 0.25) is 0 Å². The predicted octanol–water partition coefficient (Wildman–Crippen LogP) is 4.16. The van der Waals surface area contributed by atoms with E-state index in [0.29, 0.717) is 32.1 Å². The molecule has 0 aliphatic carbocycles. The zero-order chi connectivity index (χ0) is 21.6. The number of carbonyl (C=O) groups excluding carboxylic acids is 1. The highest BCUT2D eigenvalue weighted by Crippen LogP contribution is 2.34. The molecule has 0 unspecified atom stereocenters. The van der Waals surface area contributed by atoms with Gasteiger partial charge >= 0.3 is 5.97 Å². The van der Waals surface area contributed by atoms with Gasteiger partial charge in [0.05, 0.1) is 22.2 Å². The molecule has 154 valence electrons. The minimum atomic E-state index is -0.432. The molecule has 0 saturated carbocycles. The zero-order valence-corrected chi connectivity index (χ0v) is 19.3. The highest BCUT2D eigenvalue weighted by molar-refractivity contribution is 9.10. The molecule has 0 spiro atoms. The first-order valence-corrected chi connectivity index (χ1v) is 11.0. The van der Waals surface area contributed by atoms with Crippen LogP contribution in [0.15, 0.2) is 33.5 Å². The van der Waals surface area contributed by atoms with E-state index in [4.69, 9.17) is 9.47 Å². The van der Waals surface area contributed by atoms with Gasteiger partial charge in [0.15, 0.2) is 16.5 Å². The summed E-state index contributed by atoms with van der Waals surface area (Å²) in [6, 6.07) is 7.42. The number of nitrogens with zero attached hydrogens (tertiary/aromatic N) is 2. The second kappa shape index (κ2) is 7.85. The van der Waals surface area contributed by atoms with Crippen LogP contribution in [0.4, 0.5) is 0 Å². The number of halogens is 1. The summed E-state index contributed by atoms with van der Waals surface area (Å²) in [6.07, 6.45) is 1.79. The van der Waals surface area contributed by atoms with Gasteiger partial charge in [0, 0.05) is 11.4 Å². The van der Waals surface area contributed by atoms with Gasteiger partial charge in [-0.2, -0.15) is 0 Å². The van der Waals surface area contributed by atoms with Crippen molar-refractivity contribution in [3.05, 3.63) is 60.3 Å². The van der Waals surface area contributed by atoms with Gasteiger partial charge in [-0.25, -0.2) is 9.38 Å². The fourth-order valence-corrected chi connectivity index (χ4v) is 4.64. The first-order valence-electron chi connectivity index (χ1n) is 9.37. The van der Waals surface area contributed by atoms with Crippen molar-refractivity contribution in [3.8, 4) is 11.5 Å². The maximum absolute atomic E-state index is 13.1. The van der Waals surface area contributed by atoms with E-state index < -0.39 is 5.97 Å². The summed E-state index contributed by atoms with van der Waals surface area (Å²) >= 11 is 4.83. The summed E-state index contributed by atoms with van der Waals surface area (Å²) in [7, 11) is 0. The van der Waals surface area contributed by atoms with Crippen LogP contribution in [0.1, 0.15) is 30.5 Å². The van der Waals surface area contributed by atoms with Crippen LogP contribution in [-0.2, 0) is 4.79 Å². The number of ether oxygens (including phenoxy) is 2. The molecule has 0 N–H and O–H groups in total. The van der Waals surface area contributed by atoms with E-state index in [0.717, 1.165) is 27.7 Å². The number of rotatable bonds is 4. The summed E-state index contributed by atoms with van der Waals surface area (Å²) in [5.41, 5.74) is 4.52.